The fourth-order valence-electron chi connectivity index (χ4n) is 0.806. The van der Waals surface area contributed by atoms with Gasteiger partial charge in [-0.25, -0.2) is 4.98 Å². The summed E-state index contributed by atoms with van der Waals surface area (Å²) in [5.74, 6) is -0.968. The number of nitrogens with zero attached hydrogens (tertiary/aromatic N) is 2. The maximum absolute atomic E-state index is 10.3. The first-order valence-corrected chi connectivity index (χ1v) is 3.92. The topological polar surface area (TPSA) is 89.1 Å². The first kappa shape index (κ1) is 9.88. The fourth-order valence-corrected chi connectivity index (χ4v) is 0.904. The SMILES string of the molecule is NC(CC(=O)O)c1cnc(Cl)cn1. The van der Waals surface area contributed by atoms with E-state index in [0.29, 0.717) is 5.69 Å². The van der Waals surface area contributed by atoms with E-state index in [9.17, 15) is 4.79 Å². The number of aliphatic carboxylic acids is 1. The minimum Gasteiger partial charge on any atom is -0.481 e. The van der Waals surface area contributed by atoms with E-state index in [1.165, 1.54) is 12.4 Å². The van der Waals surface area contributed by atoms with Crippen LogP contribution in [0.3, 0.4) is 0 Å². The van der Waals surface area contributed by atoms with Crippen LogP contribution in [0.5, 0.6) is 0 Å². The third-order valence-corrected chi connectivity index (χ3v) is 1.61. The van der Waals surface area contributed by atoms with Gasteiger partial charge in [0.15, 0.2) is 0 Å². The zero-order chi connectivity index (χ0) is 9.84. The molecule has 0 radical (unpaired) electrons. The van der Waals surface area contributed by atoms with Crippen molar-refractivity contribution in [2.45, 2.75) is 12.5 Å². The zero-order valence-corrected chi connectivity index (χ0v) is 7.40. The predicted molar refractivity (Wildman–Crippen MR) is 46.2 cm³/mol. The molecule has 0 bridgehead atoms. The summed E-state index contributed by atoms with van der Waals surface area (Å²) in [6.45, 7) is 0. The van der Waals surface area contributed by atoms with Gasteiger partial charge < -0.3 is 10.8 Å². The summed E-state index contributed by atoms with van der Waals surface area (Å²) in [5, 5.41) is 8.70. The molecule has 6 heteroatoms. The Morgan fingerprint density at radius 3 is 2.77 bits per heavy atom. The molecule has 1 heterocycles. The molecule has 1 aromatic heterocycles. The summed E-state index contributed by atoms with van der Waals surface area (Å²) >= 11 is 5.49. The average Bonchev–Trinajstić information content (AvgIpc) is 2.04. The van der Waals surface area contributed by atoms with Crippen LogP contribution in [0.15, 0.2) is 12.4 Å². The van der Waals surface area contributed by atoms with Gasteiger partial charge in [-0.05, 0) is 0 Å². The van der Waals surface area contributed by atoms with Gasteiger partial charge in [0.25, 0.3) is 0 Å². The summed E-state index contributed by atoms with van der Waals surface area (Å²) in [6.07, 6.45) is 2.53. The van der Waals surface area contributed by atoms with E-state index in [-0.39, 0.29) is 11.6 Å². The number of hydrogen-bond donors (Lipinski definition) is 2. The highest BCUT2D eigenvalue weighted by Crippen LogP contribution is 2.11. The van der Waals surface area contributed by atoms with E-state index in [1.54, 1.807) is 0 Å². The second-order valence-electron chi connectivity index (χ2n) is 2.47. The standard InChI is InChI=1S/C7H8ClN3O2/c8-6-3-10-5(2-11-6)4(9)1-7(12)13/h2-4H,1,9H2,(H,12,13). The minimum absolute atomic E-state index is 0.170. The van der Waals surface area contributed by atoms with Crippen LogP contribution in [0, 0.1) is 0 Å². The van der Waals surface area contributed by atoms with E-state index < -0.39 is 12.0 Å². The van der Waals surface area contributed by atoms with Crippen LogP contribution in [0.1, 0.15) is 18.2 Å². The van der Waals surface area contributed by atoms with Crippen molar-refractivity contribution in [1.29, 1.82) is 0 Å². The molecule has 0 fully saturated rings. The van der Waals surface area contributed by atoms with Gasteiger partial charge in [0.05, 0.1) is 30.6 Å². The predicted octanol–water partition coefficient (Wildman–Crippen LogP) is 0.604. The summed E-state index contributed by atoms with van der Waals surface area (Å²) in [7, 11) is 0. The van der Waals surface area contributed by atoms with Crippen LogP contribution in [0.4, 0.5) is 0 Å². The Morgan fingerprint density at radius 1 is 1.62 bits per heavy atom. The fraction of sp³-hybridized carbons (Fsp3) is 0.286. The van der Waals surface area contributed by atoms with Gasteiger partial charge in [-0.1, -0.05) is 11.6 Å². The molecule has 1 atom stereocenters. The van der Waals surface area contributed by atoms with Crippen molar-refractivity contribution in [2.75, 3.05) is 0 Å². The Labute approximate surface area is 79.6 Å². The Morgan fingerprint density at radius 2 is 2.31 bits per heavy atom. The number of hydrogen-bond acceptors (Lipinski definition) is 4. The number of carboxylic acid groups (broad SMARTS) is 1. The van der Waals surface area contributed by atoms with E-state index in [1.807, 2.05) is 0 Å². The average molecular weight is 202 g/mol. The van der Waals surface area contributed by atoms with E-state index in [4.69, 9.17) is 22.4 Å². The largest absolute Gasteiger partial charge is 0.481 e. The molecule has 0 spiro atoms. The van der Waals surface area contributed by atoms with Gasteiger partial charge >= 0.3 is 5.97 Å². The Balaban J connectivity index is 2.71. The van der Waals surface area contributed by atoms with Gasteiger partial charge in [0.2, 0.25) is 0 Å². The second kappa shape index (κ2) is 4.15. The quantitative estimate of drug-likeness (QED) is 0.748. The van der Waals surface area contributed by atoms with Crippen molar-refractivity contribution in [3.63, 3.8) is 0 Å². The molecule has 0 aliphatic heterocycles. The monoisotopic (exact) mass is 201 g/mol. The van der Waals surface area contributed by atoms with Crippen LogP contribution in [-0.2, 0) is 4.79 Å². The number of nitrogens with two attached hydrogens (primary N) is 1. The second-order valence-corrected chi connectivity index (χ2v) is 2.86. The molecule has 0 saturated carbocycles. The Hall–Kier alpha value is -1.20. The first-order valence-electron chi connectivity index (χ1n) is 3.54. The normalized spacial score (nSPS) is 12.5. The maximum Gasteiger partial charge on any atom is 0.305 e. The van der Waals surface area contributed by atoms with Gasteiger partial charge in [-0.15, -0.1) is 0 Å². The highest BCUT2D eigenvalue weighted by molar-refractivity contribution is 6.29. The number of halogens is 1. The summed E-state index contributed by atoms with van der Waals surface area (Å²) in [6, 6.07) is -0.637. The molecular formula is C7H8ClN3O2. The molecule has 0 saturated heterocycles. The lowest BCUT2D eigenvalue weighted by atomic mass is 10.1. The number of aromatic nitrogens is 2. The highest BCUT2D eigenvalue weighted by atomic mass is 35.5. The molecular weight excluding hydrogens is 194 g/mol. The molecule has 5 nitrogen and oxygen atoms in total. The van der Waals surface area contributed by atoms with E-state index >= 15 is 0 Å². The number of rotatable bonds is 3. The molecule has 0 aliphatic carbocycles. The highest BCUT2D eigenvalue weighted by Gasteiger charge is 2.11. The van der Waals surface area contributed by atoms with Gasteiger partial charge in [0, 0.05) is 0 Å². The zero-order valence-electron chi connectivity index (χ0n) is 6.64. The van der Waals surface area contributed by atoms with E-state index in [2.05, 4.69) is 9.97 Å². The third-order valence-electron chi connectivity index (χ3n) is 1.41. The molecule has 1 unspecified atom stereocenters. The minimum atomic E-state index is -0.968. The van der Waals surface area contributed by atoms with Crippen LogP contribution >= 0.6 is 11.6 Å². The van der Waals surface area contributed by atoms with E-state index in [0.717, 1.165) is 0 Å². The van der Waals surface area contributed by atoms with Gasteiger partial charge in [-0.3, -0.25) is 9.78 Å². The molecule has 0 amide bonds. The first-order chi connectivity index (χ1) is 6.09. The molecule has 1 rings (SSSR count). The lowest BCUT2D eigenvalue weighted by molar-refractivity contribution is -0.137. The Kier molecular flexibility index (Phi) is 3.16. The maximum atomic E-state index is 10.3. The third kappa shape index (κ3) is 2.96. The van der Waals surface area contributed by atoms with Crippen molar-refractivity contribution in [3.8, 4) is 0 Å². The molecule has 0 aliphatic rings. The van der Waals surface area contributed by atoms with Crippen molar-refractivity contribution in [1.82, 2.24) is 9.97 Å². The number of carbonyl (C=O) groups is 1. The lowest BCUT2D eigenvalue weighted by Crippen LogP contribution is -2.16. The molecule has 13 heavy (non-hydrogen) atoms. The van der Waals surface area contributed by atoms with Crippen LogP contribution < -0.4 is 5.73 Å². The van der Waals surface area contributed by atoms with Crippen molar-refractivity contribution in [3.05, 3.63) is 23.2 Å². The molecule has 3 N–H and O–H groups in total. The molecule has 0 aromatic carbocycles. The lowest BCUT2D eigenvalue weighted by Gasteiger charge is -2.06. The number of carboxylic acids is 1. The smallest absolute Gasteiger partial charge is 0.305 e. The summed E-state index contributed by atoms with van der Waals surface area (Å²) < 4.78 is 0. The molecule has 70 valence electrons. The Bertz CT molecular complexity index is 301. The summed E-state index contributed by atoms with van der Waals surface area (Å²) in [4.78, 5) is 17.9. The van der Waals surface area contributed by atoms with Crippen LogP contribution in [-0.4, -0.2) is 21.0 Å². The van der Waals surface area contributed by atoms with Gasteiger partial charge in [0.1, 0.15) is 5.15 Å². The van der Waals surface area contributed by atoms with Crippen LogP contribution in [0.2, 0.25) is 5.15 Å². The summed E-state index contributed by atoms with van der Waals surface area (Å²) in [5.41, 5.74) is 5.94. The van der Waals surface area contributed by atoms with Crippen molar-refractivity contribution < 1.29 is 9.90 Å². The van der Waals surface area contributed by atoms with Gasteiger partial charge in [-0.2, -0.15) is 0 Å². The van der Waals surface area contributed by atoms with Crippen molar-refractivity contribution >= 4 is 17.6 Å². The molecule has 1 aromatic rings. The van der Waals surface area contributed by atoms with Crippen molar-refractivity contribution in [2.24, 2.45) is 5.73 Å². The van der Waals surface area contributed by atoms with Crippen LogP contribution in [0.25, 0.3) is 0 Å².